The minimum Gasteiger partial charge on any atom is -0.380 e. The summed E-state index contributed by atoms with van der Waals surface area (Å²) in [7, 11) is 1.59. The number of hydrogen-bond acceptors (Lipinski definition) is 2. The average molecular weight is 251 g/mol. The molecule has 1 aromatic carbocycles. The van der Waals surface area contributed by atoms with E-state index < -0.39 is 0 Å². The molecule has 1 aromatic rings. The molecule has 0 spiro atoms. The summed E-state index contributed by atoms with van der Waals surface area (Å²) in [5, 5.41) is 0. The van der Waals surface area contributed by atoms with Crippen LogP contribution in [0.4, 0.5) is 4.39 Å². The molecule has 1 aliphatic carbocycles. The van der Waals surface area contributed by atoms with Crippen LogP contribution in [0.5, 0.6) is 0 Å². The van der Waals surface area contributed by atoms with E-state index in [9.17, 15) is 4.39 Å². The molecule has 1 aliphatic rings. The maximum Gasteiger partial charge on any atom is 0.132 e. The van der Waals surface area contributed by atoms with Crippen molar-refractivity contribution in [3.8, 4) is 0 Å². The smallest absolute Gasteiger partial charge is 0.132 e. The van der Waals surface area contributed by atoms with Crippen molar-refractivity contribution in [1.82, 2.24) is 0 Å². The van der Waals surface area contributed by atoms with E-state index in [1.165, 1.54) is 6.42 Å². The normalized spacial score (nSPS) is 18.8. The monoisotopic (exact) mass is 251 g/mol. The standard InChI is InChI=1S/C15H22FNO/c1-18-10-12-6-5-7-13(14(12)16)15(11-17)8-3-2-4-9-15/h5-7H,2-4,8-11,17H2,1H3. The van der Waals surface area contributed by atoms with Crippen LogP contribution < -0.4 is 5.73 Å². The third-order valence-electron chi connectivity index (χ3n) is 4.15. The second kappa shape index (κ2) is 5.81. The van der Waals surface area contributed by atoms with E-state index in [-0.39, 0.29) is 11.2 Å². The van der Waals surface area contributed by atoms with E-state index >= 15 is 0 Å². The molecule has 0 aliphatic heterocycles. The number of rotatable bonds is 4. The molecule has 0 unspecified atom stereocenters. The van der Waals surface area contributed by atoms with E-state index in [1.807, 2.05) is 12.1 Å². The highest BCUT2D eigenvalue weighted by atomic mass is 19.1. The molecule has 0 saturated heterocycles. The Hall–Kier alpha value is -0.930. The number of benzene rings is 1. The van der Waals surface area contributed by atoms with Crippen LogP contribution in [0.2, 0.25) is 0 Å². The third kappa shape index (κ3) is 2.43. The minimum absolute atomic E-state index is 0.119. The molecule has 0 heterocycles. The molecule has 0 radical (unpaired) electrons. The van der Waals surface area contributed by atoms with Crippen LogP contribution >= 0.6 is 0 Å². The largest absolute Gasteiger partial charge is 0.380 e. The second-order valence-electron chi connectivity index (χ2n) is 5.26. The van der Waals surface area contributed by atoms with Crippen molar-refractivity contribution in [2.24, 2.45) is 5.73 Å². The van der Waals surface area contributed by atoms with Crippen molar-refractivity contribution in [3.05, 3.63) is 35.1 Å². The number of methoxy groups -OCH3 is 1. The highest BCUT2D eigenvalue weighted by molar-refractivity contribution is 5.33. The van der Waals surface area contributed by atoms with Crippen molar-refractivity contribution in [2.75, 3.05) is 13.7 Å². The van der Waals surface area contributed by atoms with Crippen LogP contribution in [0, 0.1) is 5.82 Å². The molecule has 2 N–H and O–H groups in total. The lowest BCUT2D eigenvalue weighted by atomic mass is 9.69. The summed E-state index contributed by atoms with van der Waals surface area (Å²) < 4.78 is 19.6. The lowest BCUT2D eigenvalue weighted by molar-refractivity contribution is 0.180. The molecule has 0 atom stereocenters. The third-order valence-corrected chi connectivity index (χ3v) is 4.15. The second-order valence-corrected chi connectivity index (χ2v) is 5.26. The van der Waals surface area contributed by atoms with Gasteiger partial charge in [0.1, 0.15) is 5.82 Å². The summed E-state index contributed by atoms with van der Waals surface area (Å²) >= 11 is 0. The van der Waals surface area contributed by atoms with Gasteiger partial charge in [-0.25, -0.2) is 4.39 Å². The summed E-state index contributed by atoms with van der Waals surface area (Å²) in [6.45, 7) is 0.848. The first-order chi connectivity index (χ1) is 8.73. The molecule has 3 heteroatoms. The SMILES string of the molecule is COCc1cccc(C2(CN)CCCCC2)c1F. The predicted octanol–water partition coefficient (Wildman–Crippen LogP) is 3.13. The van der Waals surface area contributed by atoms with Gasteiger partial charge < -0.3 is 10.5 Å². The minimum atomic E-state index is -0.161. The maximum atomic E-state index is 14.5. The van der Waals surface area contributed by atoms with E-state index in [4.69, 9.17) is 10.5 Å². The van der Waals surface area contributed by atoms with Crippen molar-refractivity contribution in [1.29, 1.82) is 0 Å². The first kappa shape index (κ1) is 13.5. The van der Waals surface area contributed by atoms with Crippen molar-refractivity contribution < 1.29 is 9.13 Å². The summed E-state index contributed by atoms with van der Waals surface area (Å²) in [4.78, 5) is 0. The molecular formula is C15H22FNO. The highest BCUT2D eigenvalue weighted by Gasteiger charge is 2.35. The van der Waals surface area contributed by atoms with Crippen molar-refractivity contribution in [3.63, 3.8) is 0 Å². The maximum absolute atomic E-state index is 14.5. The van der Waals surface area contributed by atoms with Crippen LogP contribution in [0.3, 0.4) is 0 Å². The van der Waals surface area contributed by atoms with Gasteiger partial charge in [0, 0.05) is 24.6 Å². The Bertz CT molecular complexity index is 399. The Morgan fingerprint density at radius 3 is 2.61 bits per heavy atom. The van der Waals surface area contributed by atoms with Gasteiger partial charge >= 0.3 is 0 Å². The molecule has 18 heavy (non-hydrogen) atoms. The van der Waals surface area contributed by atoms with Crippen LogP contribution in [-0.2, 0) is 16.8 Å². The summed E-state index contributed by atoms with van der Waals surface area (Å²) in [6, 6.07) is 5.60. The fourth-order valence-corrected chi connectivity index (χ4v) is 3.07. The van der Waals surface area contributed by atoms with Crippen LogP contribution in [-0.4, -0.2) is 13.7 Å². The first-order valence-electron chi connectivity index (χ1n) is 6.70. The zero-order chi connectivity index (χ0) is 13.0. The Balaban J connectivity index is 2.38. The molecule has 2 rings (SSSR count). The molecule has 0 amide bonds. The molecular weight excluding hydrogens is 229 g/mol. The van der Waals surface area contributed by atoms with Gasteiger partial charge in [-0.15, -0.1) is 0 Å². The quantitative estimate of drug-likeness (QED) is 0.892. The average Bonchev–Trinajstić information content (AvgIpc) is 2.42. The first-order valence-corrected chi connectivity index (χ1v) is 6.70. The van der Waals surface area contributed by atoms with Gasteiger partial charge in [0.2, 0.25) is 0 Å². The molecule has 1 saturated carbocycles. The van der Waals surface area contributed by atoms with E-state index in [0.717, 1.165) is 31.2 Å². The summed E-state index contributed by atoms with van der Waals surface area (Å²) in [5.74, 6) is -0.119. The molecule has 2 nitrogen and oxygen atoms in total. The number of nitrogens with two attached hydrogens (primary N) is 1. The molecule has 1 fully saturated rings. The van der Waals surface area contributed by atoms with Crippen LogP contribution in [0.15, 0.2) is 18.2 Å². The summed E-state index contributed by atoms with van der Waals surface area (Å²) in [6.07, 6.45) is 5.52. The number of hydrogen-bond donors (Lipinski definition) is 1. The van der Waals surface area contributed by atoms with Crippen molar-refractivity contribution >= 4 is 0 Å². The van der Waals surface area contributed by atoms with Crippen LogP contribution in [0.1, 0.15) is 43.2 Å². The van der Waals surface area contributed by atoms with Gasteiger partial charge in [0.05, 0.1) is 6.61 Å². The molecule has 0 aromatic heterocycles. The van der Waals surface area contributed by atoms with Gasteiger partial charge in [-0.05, 0) is 18.4 Å². The number of halogens is 1. The van der Waals surface area contributed by atoms with Gasteiger partial charge in [0.25, 0.3) is 0 Å². The highest BCUT2D eigenvalue weighted by Crippen LogP contribution is 2.40. The van der Waals surface area contributed by atoms with Gasteiger partial charge in [0.15, 0.2) is 0 Å². The van der Waals surface area contributed by atoms with Crippen molar-refractivity contribution in [2.45, 2.75) is 44.1 Å². The Kier molecular flexibility index (Phi) is 4.36. The lowest BCUT2D eigenvalue weighted by Crippen LogP contribution is -2.38. The Morgan fingerprint density at radius 1 is 1.28 bits per heavy atom. The predicted molar refractivity (Wildman–Crippen MR) is 70.9 cm³/mol. The van der Waals surface area contributed by atoms with E-state index in [2.05, 4.69) is 0 Å². The zero-order valence-electron chi connectivity index (χ0n) is 11.0. The van der Waals surface area contributed by atoms with Gasteiger partial charge in [-0.1, -0.05) is 37.5 Å². The number of ether oxygens (including phenoxy) is 1. The fraction of sp³-hybridized carbons (Fsp3) is 0.600. The Morgan fingerprint density at radius 2 is 2.00 bits per heavy atom. The van der Waals surface area contributed by atoms with Crippen LogP contribution in [0.25, 0.3) is 0 Å². The molecule has 100 valence electrons. The fourth-order valence-electron chi connectivity index (χ4n) is 3.07. The lowest BCUT2D eigenvalue weighted by Gasteiger charge is -2.37. The van der Waals surface area contributed by atoms with Gasteiger partial charge in [-0.2, -0.15) is 0 Å². The Labute approximate surface area is 108 Å². The molecule has 0 bridgehead atoms. The van der Waals surface area contributed by atoms with E-state index in [0.29, 0.717) is 18.7 Å². The van der Waals surface area contributed by atoms with E-state index in [1.54, 1.807) is 13.2 Å². The topological polar surface area (TPSA) is 35.2 Å². The van der Waals surface area contributed by atoms with Gasteiger partial charge in [-0.3, -0.25) is 0 Å². The summed E-state index contributed by atoms with van der Waals surface area (Å²) in [5.41, 5.74) is 7.23. The zero-order valence-corrected chi connectivity index (χ0v) is 11.0.